The predicted molar refractivity (Wildman–Crippen MR) is 82.5 cm³/mol. The molecule has 3 aromatic rings. The van der Waals surface area contributed by atoms with E-state index in [1.54, 1.807) is 0 Å². The van der Waals surface area contributed by atoms with E-state index >= 15 is 0 Å². The minimum absolute atomic E-state index is 0. The maximum absolute atomic E-state index is 3.46. The van der Waals surface area contributed by atoms with Crippen molar-refractivity contribution in [1.82, 2.24) is 10.3 Å². The van der Waals surface area contributed by atoms with Crippen LogP contribution >= 0.6 is 12.4 Å². The van der Waals surface area contributed by atoms with Gasteiger partial charge >= 0.3 is 0 Å². The van der Waals surface area contributed by atoms with Crippen LogP contribution in [0.2, 0.25) is 0 Å². The van der Waals surface area contributed by atoms with E-state index in [9.17, 15) is 0 Å². The molecule has 2 nitrogen and oxygen atoms in total. The average Bonchev–Trinajstić information content (AvgIpc) is 2.87. The van der Waals surface area contributed by atoms with E-state index in [1.807, 2.05) is 12.3 Å². The lowest BCUT2D eigenvalue weighted by Gasteiger charge is -2.05. The van der Waals surface area contributed by atoms with Crippen LogP contribution in [0.5, 0.6) is 0 Å². The van der Waals surface area contributed by atoms with Gasteiger partial charge < -0.3 is 10.3 Å². The summed E-state index contributed by atoms with van der Waals surface area (Å²) in [5.41, 5.74) is 3.83. The molecule has 2 N–H and O–H groups in total. The fourth-order valence-electron chi connectivity index (χ4n) is 2.16. The molecular weight excluding hydrogens is 256 g/mol. The van der Waals surface area contributed by atoms with Crippen molar-refractivity contribution < 1.29 is 0 Å². The van der Waals surface area contributed by atoms with Gasteiger partial charge in [-0.1, -0.05) is 36.4 Å². The molecule has 0 aliphatic heterocycles. The third kappa shape index (κ3) is 3.37. The molecule has 0 atom stereocenters. The van der Waals surface area contributed by atoms with Gasteiger partial charge in [0.1, 0.15) is 0 Å². The molecule has 0 aliphatic carbocycles. The molecule has 0 saturated carbocycles. The number of benzene rings is 2. The van der Waals surface area contributed by atoms with Gasteiger partial charge in [0, 0.05) is 24.8 Å². The quantitative estimate of drug-likeness (QED) is 0.741. The van der Waals surface area contributed by atoms with Crippen LogP contribution in [0.25, 0.3) is 10.9 Å². The average molecular weight is 273 g/mol. The Morgan fingerprint density at radius 3 is 2.47 bits per heavy atom. The van der Waals surface area contributed by atoms with Crippen molar-refractivity contribution in [2.24, 2.45) is 0 Å². The van der Waals surface area contributed by atoms with Crippen LogP contribution in [0.1, 0.15) is 11.1 Å². The third-order valence-electron chi connectivity index (χ3n) is 3.12. The van der Waals surface area contributed by atoms with Crippen molar-refractivity contribution in [1.29, 1.82) is 0 Å². The number of H-pyrrole nitrogens is 1. The molecule has 0 spiro atoms. The van der Waals surface area contributed by atoms with E-state index in [0.717, 1.165) is 13.1 Å². The van der Waals surface area contributed by atoms with E-state index in [2.05, 4.69) is 58.8 Å². The third-order valence-corrected chi connectivity index (χ3v) is 3.12. The predicted octanol–water partition coefficient (Wildman–Crippen LogP) is 3.88. The van der Waals surface area contributed by atoms with Crippen LogP contribution in [0.4, 0.5) is 0 Å². The molecule has 0 unspecified atom stereocenters. The molecule has 1 aromatic heterocycles. The van der Waals surface area contributed by atoms with Crippen LogP contribution in [0, 0.1) is 0 Å². The van der Waals surface area contributed by atoms with E-state index in [0.29, 0.717) is 0 Å². The topological polar surface area (TPSA) is 27.8 Å². The molecule has 2 aromatic carbocycles. The van der Waals surface area contributed by atoms with Crippen LogP contribution in [0.15, 0.2) is 60.8 Å². The SMILES string of the molecule is Cl.c1ccc(CNCc2ccc3[nH]ccc3c2)cc1. The van der Waals surface area contributed by atoms with Crippen LogP contribution < -0.4 is 5.32 Å². The first-order valence-electron chi connectivity index (χ1n) is 6.22. The molecule has 98 valence electrons. The minimum Gasteiger partial charge on any atom is -0.361 e. The molecular formula is C16H17ClN2. The van der Waals surface area contributed by atoms with E-state index in [4.69, 9.17) is 0 Å². The Morgan fingerprint density at radius 1 is 0.842 bits per heavy atom. The summed E-state index contributed by atoms with van der Waals surface area (Å²) in [4.78, 5) is 3.21. The summed E-state index contributed by atoms with van der Waals surface area (Å²) in [5, 5.41) is 4.74. The van der Waals surface area contributed by atoms with Crippen molar-refractivity contribution in [3.63, 3.8) is 0 Å². The molecule has 0 aliphatic rings. The summed E-state index contributed by atoms with van der Waals surface area (Å²) in [6.45, 7) is 1.81. The zero-order valence-corrected chi connectivity index (χ0v) is 11.4. The molecule has 0 saturated heterocycles. The number of hydrogen-bond donors (Lipinski definition) is 2. The summed E-state index contributed by atoms with van der Waals surface area (Å²) < 4.78 is 0. The van der Waals surface area contributed by atoms with E-state index in [1.165, 1.54) is 22.0 Å². The fourth-order valence-corrected chi connectivity index (χ4v) is 2.16. The number of aromatic amines is 1. The van der Waals surface area contributed by atoms with E-state index < -0.39 is 0 Å². The highest BCUT2D eigenvalue weighted by Crippen LogP contribution is 2.14. The molecule has 19 heavy (non-hydrogen) atoms. The zero-order valence-electron chi connectivity index (χ0n) is 10.6. The smallest absolute Gasteiger partial charge is 0.0454 e. The second-order valence-electron chi connectivity index (χ2n) is 4.49. The van der Waals surface area contributed by atoms with Gasteiger partial charge in [-0.05, 0) is 34.7 Å². The lowest BCUT2D eigenvalue weighted by molar-refractivity contribution is 0.694. The van der Waals surface area contributed by atoms with Crippen molar-refractivity contribution >= 4 is 23.3 Å². The van der Waals surface area contributed by atoms with Crippen LogP contribution in [-0.2, 0) is 13.1 Å². The van der Waals surface area contributed by atoms with Crippen molar-refractivity contribution in [3.05, 3.63) is 71.9 Å². The first-order valence-corrected chi connectivity index (χ1v) is 6.22. The standard InChI is InChI=1S/C16H16N2.ClH/c1-2-4-13(5-3-1)11-17-12-14-6-7-16-15(10-14)8-9-18-16;/h1-10,17-18H,11-12H2;1H. The number of hydrogen-bond acceptors (Lipinski definition) is 1. The van der Waals surface area contributed by atoms with Crippen molar-refractivity contribution in [3.8, 4) is 0 Å². The molecule has 0 radical (unpaired) electrons. The molecule has 3 heteroatoms. The van der Waals surface area contributed by atoms with Crippen LogP contribution in [-0.4, -0.2) is 4.98 Å². The second-order valence-corrected chi connectivity index (χ2v) is 4.49. The largest absolute Gasteiger partial charge is 0.361 e. The van der Waals surface area contributed by atoms with Gasteiger partial charge in [0.25, 0.3) is 0 Å². The Balaban J connectivity index is 0.00000133. The van der Waals surface area contributed by atoms with Gasteiger partial charge in [0.15, 0.2) is 0 Å². The maximum atomic E-state index is 3.46. The van der Waals surface area contributed by atoms with Crippen LogP contribution in [0.3, 0.4) is 0 Å². The Labute approximate surface area is 119 Å². The summed E-state index contributed by atoms with van der Waals surface area (Å²) in [7, 11) is 0. The first kappa shape index (κ1) is 13.7. The molecule has 0 bridgehead atoms. The highest BCUT2D eigenvalue weighted by Gasteiger charge is 1.97. The Hall–Kier alpha value is -1.77. The van der Waals surface area contributed by atoms with Gasteiger partial charge in [-0.3, -0.25) is 0 Å². The monoisotopic (exact) mass is 272 g/mol. The maximum Gasteiger partial charge on any atom is 0.0454 e. The zero-order chi connectivity index (χ0) is 12.2. The van der Waals surface area contributed by atoms with Gasteiger partial charge in [0.2, 0.25) is 0 Å². The molecule has 3 rings (SSSR count). The summed E-state index contributed by atoms with van der Waals surface area (Å²) >= 11 is 0. The fraction of sp³-hybridized carbons (Fsp3) is 0.125. The Morgan fingerprint density at radius 2 is 1.63 bits per heavy atom. The second kappa shape index (κ2) is 6.41. The summed E-state index contributed by atoms with van der Waals surface area (Å²) in [6.07, 6.45) is 1.98. The van der Waals surface area contributed by atoms with E-state index in [-0.39, 0.29) is 12.4 Å². The van der Waals surface area contributed by atoms with Gasteiger partial charge in [0.05, 0.1) is 0 Å². The highest BCUT2D eigenvalue weighted by molar-refractivity contribution is 5.85. The number of nitrogens with one attached hydrogen (secondary N) is 2. The molecule has 0 amide bonds. The Bertz CT molecular complexity index is 631. The van der Waals surface area contributed by atoms with Gasteiger partial charge in [-0.25, -0.2) is 0 Å². The summed E-state index contributed by atoms with van der Waals surface area (Å²) in [5.74, 6) is 0. The number of fused-ring (bicyclic) bond motifs is 1. The lowest BCUT2D eigenvalue weighted by Crippen LogP contribution is -2.12. The minimum atomic E-state index is 0. The number of aromatic nitrogens is 1. The lowest BCUT2D eigenvalue weighted by atomic mass is 10.1. The highest BCUT2D eigenvalue weighted by atomic mass is 35.5. The first-order chi connectivity index (χ1) is 8.92. The van der Waals surface area contributed by atoms with Crippen molar-refractivity contribution in [2.45, 2.75) is 13.1 Å². The molecule has 1 heterocycles. The molecule has 0 fully saturated rings. The van der Waals surface area contributed by atoms with Gasteiger partial charge in [-0.15, -0.1) is 12.4 Å². The number of halogens is 1. The Kier molecular flexibility index (Phi) is 4.61. The summed E-state index contributed by atoms with van der Waals surface area (Å²) in [6, 6.07) is 19.1. The van der Waals surface area contributed by atoms with Crippen molar-refractivity contribution in [2.75, 3.05) is 0 Å². The number of rotatable bonds is 4. The van der Waals surface area contributed by atoms with Gasteiger partial charge in [-0.2, -0.15) is 0 Å². The normalized spacial score (nSPS) is 10.3.